The standard InChI is InChI=1S/C15H14N4O2/c1-3-21-15(20)13-9-17-14-10(2)7-12(18-19(13)14)11-5-4-6-16-8-11/h4-9H,3H2,1-2H3. The van der Waals surface area contributed by atoms with Gasteiger partial charge in [-0.3, -0.25) is 4.98 Å². The van der Waals surface area contributed by atoms with E-state index < -0.39 is 5.97 Å². The number of ether oxygens (including phenoxy) is 1. The highest BCUT2D eigenvalue weighted by molar-refractivity contribution is 5.88. The van der Waals surface area contributed by atoms with Gasteiger partial charge in [0.2, 0.25) is 0 Å². The minimum Gasteiger partial charge on any atom is -0.461 e. The van der Waals surface area contributed by atoms with Crippen molar-refractivity contribution in [3.05, 3.63) is 48.0 Å². The van der Waals surface area contributed by atoms with Crippen LogP contribution in [-0.4, -0.2) is 32.2 Å². The van der Waals surface area contributed by atoms with E-state index >= 15 is 0 Å². The number of rotatable bonds is 3. The minimum absolute atomic E-state index is 0.313. The number of fused-ring (bicyclic) bond motifs is 1. The van der Waals surface area contributed by atoms with Crippen molar-refractivity contribution in [1.29, 1.82) is 0 Å². The molecule has 0 fully saturated rings. The Kier molecular flexibility index (Phi) is 3.35. The molecule has 0 aromatic carbocycles. The lowest BCUT2D eigenvalue weighted by Gasteiger charge is -2.06. The summed E-state index contributed by atoms with van der Waals surface area (Å²) in [5, 5.41) is 4.48. The number of aromatic nitrogens is 4. The largest absolute Gasteiger partial charge is 0.461 e. The number of carbonyl (C=O) groups excluding carboxylic acids is 1. The topological polar surface area (TPSA) is 69.4 Å². The van der Waals surface area contributed by atoms with Crippen LogP contribution in [0.3, 0.4) is 0 Å². The Morgan fingerprint density at radius 2 is 2.24 bits per heavy atom. The van der Waals surface area contributed by atoms with Crippen LogP contribution in [0.25, 0.3) is 16.9 Å². The second kappa shape index (κ2) is 5.32. The third kappa shape index (κ3) is 2.35. The van der Waals surface area contributed by atoms with E-state index in [1.165, 1.54) is 10.7 Å². The van der Waals surface area contributed by atoms with E-state index in [1.54, 1.807) is 19.3 Å². The summed E-state index contributed by atoms with van der Waals surface area (Å²) in [6.45, 7) is 4.01. The van der Waals surface area contributed by atoms with E-state index in [1.807, 2.05) is 25.1 Å². The smallest absolute Gasteiger partial charge is 0.358 e. The van der Waals surface area contributed by atoms with E-state index in [0.717, 1.165) is 16.8 Å². The van der Waals surface area contributed by atoms with Gasteiger partial charge < -0.3 is 4.74 Å². The number of pyridine rings is 1. The van der Waals surface area contributed by atoms with Gasteiger partial charge in [-0.2, -0.15) is 5.10 Å². The molecule has 106 valence electrons. The molecule has 0 unspecified atom stereocenters. The average Bonchev–Trinajstić information content (AvgIpc) is 2.93. The molecule has 0 aliphatic carbocycles. The molecule has 3 heterocycles. The predicted octanol–water partition coefficient (Wildman–Crippen LogP) is 2.28. The molecule has 0 spiro atoms. The molecule has 0 bridgehead atoms. The summed E-state index contributed by atoms with van der Waals surface area (Å²) in [6.07, 6.45) is 4.92. The van der Waals surface area contributed by atoms with Crippen LogP contribution in [0.1, 0.15) is 23.0 Å². The molecule has 3 aromatic heterocycles. The van der Waals surface area contributed by atoms with Gasteiger partial charge in [-0.25, -0.2) is 14.3 Å². The Morgan fingerprint density at radius 1 is 1.38 bits per heavy atom. The van der Waals surface area contributed by atoms with Crippen LogP contribution in [0.2, 0.25) is 0 Å². The molecular formula is C15H14N4O2. The number of hydrogen-bond donors (Lipinski definition) is 0. The van der Waals surface area contributed by atoms with Crippen molar-refractivity contribution >= 4 is 11.6 Å². The molecule has 0 aliphatic rings. The lowest BCUT2D eigenvalue weighted by atomic mass is 10.1. The molecule has 0 saturated heterocycles. The second-order valence-corrected chi connectivity index (χ2v) is 4.55. The Morgan fingerprint density at radius 3 is 2.95 bits per heavy atom. The average molecular weight is 282 g/mol. The fourth-order valence-corrected chi connectivity index (χ4v) is 2.12. The molecule has 0 radical (unpaired) electrons. The minimum atomic E-state index is -0.430. The first-order valence-corrected chi connectivity index (χ1v) is 6.63. The maximum Gasteiger partial charge on any atom is 0.358 e. The maximum atomic E-state index is 11.9. The zero-order valence-electron chi connectivity index (χ0n) is 11.8. The number of nitrogens with zero attached hydrogens (tertiary/aromatic N) is 4. The van der Waals surface area contributed by atoms with Crippen LogP contribution in [0.5, 0.6) is 0 Å². The monoisotopic (exact) mass is 282 g/mol. The third-order valence-electron chi connectivity index (χ3n) is 3.09. The number of esters is 1. The number of carbonyl (C=O) groups is 1. The molecule has 0 aliphatic heterocycles. The fraction of sp³-hybridized carbons (Fsp3) is 0.200. The van der Waals surface area contributed by atoms with Crippen molar-refractivity contribution in [2.45, 2.75) is 13.8 Å². The highest BCUT2D eigenvalue weighted by Gasteiger charge is 2.16. The van der Waals surface area contributed by atoms with Crippen molar-refractivity contribution < 1.29 is 9.53 Å². The fourth-order valence-electron chi connectivity index (χ4n) is 2.12. The van der Waals surface area contributed by atoms with Gasteiger partial charge >= 0.3 is 5.97 Å². The lowest BCUT2D eigenvalue weighted by Crippen LogP contribution is -2.10. The molecule has 0 saturated carbocycles. The Hall–Kier alpha value is -2.76. The SMILES string of the molecule is CCOC(=O)c1cnc2c(C)cc(-c3cccnc3)nn12. The Labute approximate surface area is 121 Å². The van der Waals surface area contributed by atoms with Gasteiger partial charge in [-0.15, -0.1) is 0 Å². The summed E-state index contributed by atoms with van der Waals surface area (Å²) in [7, 11) is 0. The summed E-state index contributed by atoms with van der Waals surface area (Å²) in [5.41, 5.74) is 3.51. The van der Waals surface area contributed by atoms with Crippen molar-refractivity contribution in [3.8, 4) is 11.3 Å². The Balaban J connectivity index is 2.17. The third-order valence-corrected chi connectivity index (χ3v) is 3.09. The predicted molar refractivity (Wildman–Crippen MR) is 76.9 cm³/mol. The van der Waals surface area contributed by atoms with E-state index in [0.29, 0.717) is 17.9 Å². The highest BCUT2D eigenvalue weighted by Crippen LogP contribution is 2.20. The molecular weight excluding hydrogens is 268 g/mol. The van der Waals surface area contributed by atoms with Crippen molar-refractivity contribution in [1.82, 2.24) is 19.6 Å². The first kappa shape index (κ1) is 13.2. The summed E-state index contributed by atoms with van der Waals surface area (Å²) >= 11 is 0. The normalized spacial score (nSPS) is 10.8. The molecule has 0 N–H and O–H groups in total. The molecule has 6 nitrogen and oxygen atoms in total. The lowest BCUT2D eigenvalue weighted by molar-refractivity contribution is 0.0517. The van der Waals surface area contributed by atoms with Crippen LogP contribution in [0.15, 0.2) is 36.8 Å². The van der Waals surface area contributed by atoms with Gasteiger partial charge in [0.15, 0.2) is 11.3 Å². The van der Waals surface area contributed by atoms with E-state index in [4.69, 9.17) is 4.74 Å². The first-order valence-electron chi connectivity index (χ1n) is 6.63. The van der Waals surface area contributed by atoms with Crippen molar-refractivity contribution in [3.63, 3.8) is 0 Å². The summed E-state index contributed by atoms with van der Waals surface area (Å²) in [6, 6.07) is 5.69. The van der Waals surface area contributed by atoms with E-state index in [-0.39, 0.29) is 0 Å². The summed E-state index contributed by atoms with van der Waals surface area (Å²) in [5.74, 6) is -0.430. The summed E-state index contributed by atoms with van der Waals surface area (Å²) in [4.78, 5) is 20.3. The second-order valence-electron chi connectivity index (χ2n) is 4.55. The van der Waals surface area contributed by atoms with Crippen LogP contribution in [-0.2, 0) is 4.74 Å². The molecule has 6 heteroatoms. The van der Waals surface area contributed by atoms with Gasteiger partial charge in [0.05, 0.1) is 18.5 Å². The molecule has 21 heavy (non-hydrogen) atoms. The Bertz CT molecular complexity index is 796. The van der Waals surface area contributed by atoms with Gasteiger partial charge in [0.1, 0.15) is 0 Å². The molecule has 3 aromatic rings. The zero-order chi connectivity index (χ0) is 14.8. The molecule has 0 amide bonds. The quantitative estimate of drug-likeness (QED) is 0.689. The van der Waals surface area contributed by atoms with Crippen molar-refractivity contribution in [2.24, 2.45) is 0 Å². The van der Waals surface area contributed by atoms with Crippen LogP contribution >= 0.6 is 0 Å². The van der Waals surface area contributed by atoms with Gasteiger partial charge in [-0.1, -0.05) is 0 Å². The molecule has 0 atom stereocenters. The van der Waals surface area contributed by atoms with Crippen LogP contribution < -0.4 is 0 Å². The number of aryl methyl sites for hydroxylation is 1. The van der Waals surface area contributed by atoms with Crippen LogP contribution in [0.4, 0.5) is 0 Å². The molecule has 3 rings (SSSR count). The highest BCUT2D eigenvalue weighted by atomic mass is 16.5. The maximum absolute atomic E-state index is 11.9. The zero-order valence-corrected chi connectivity index (χ0v) is 11.8. The first-order chi connectivity index (χ1) is 10.2. The van der Waals surface area contributed by atoms with Crippen molar-refractivity contribution in [2.75, 3.05) is 6.61 Å². The number of hydrogen-bond acceptors (Lipinski definition) is 5. The van der Waals surface area contributed by atoms with Gasteiger partial charge in [0, 0.05) is 18.0 Å². The van der Waals surface area contributed by atoms with E-state index in [2.05, 4.69) is 15.1 Å². The van der Waals surface area contributed by atoms with Gasteiger partial charge in [0.25, 0.3) is 0 Å². The van der Waals surface area contributed by atoms with Crippen LogP contribution in [0, 0.1) is 6.92 Å². The van der Waals surface area contributed by atoms with Gasteiger partial charge in [-0.05, 0) is 37.6 Å². The van der Waals surface area contributed by atoms with E-state index in [9.17, 15) is 4.79 Å². The number of imidazole rings is 1. The summed E-state index contributed by atoms with van der Waals surface area (Å²) < 4.78 is 6.55.